The molecule has 1 saturated carbocycles. The van der Waals surface area contributed by atoms with Crippen molar-refractivity contribution < 1.29 is 9.59 Å². The Balaban J connectivity index is 2.02. The van der Waals surface area contributed by atoms with Gasteiger partial charge in [0.25, 0.3) is 0 Å². The first-order valence-corrected chi connectivity index (χ1v) is 5.63. The number of para-hydroxylation sites is 1. The normalized spacial score (nSPS) is 21.9. The van der Waals surface area contributed by atoms with Gasteiger partial charge in [0.1, 0.15) is 5.41 Å². The predicted molar refractivity (Wildman–Crippen MR) is 60.5 cm³/mol. The van der Waals surface area contributed by atoms with E-state index in [1.165, 1.54) is 4.90 Å². The van der Waals surface area contributed by atoms with E-state index in [0.717, 1.165) is 0 Å². The van der Waals surface area contributed by atoms with E-state index in [2.05, 4.69) is 0 Å². The van der Waals surface area contributed by atoms with Crippen LogP contribution in [0.1, 0.15) is 12.8 Å². The average Bonchev–Trinajstić information content (AvgIpc) is 3.03. The lowest BCUT2D eigenvalue weighted by Crippen LogP contribution is -2.27. The van der Waals surface area contributed by atoms with Gasteiger partial charge in [-0.15, -0.1) is 0 Å². The Hall–Kier alpha value is -1.35. The van der Waals surface area contributed by atoms with Crippen LogP contribution in [0.2, 0.25) is 5.02 Å². The van der Waals surface area contributed by atoms with Crippen molar-refractivity contribution in [1.82, 2.24) is 0 Å². The van der Waals surface area contributed by atoms with Crippen molar-refractivity contribution in [1.29, 1.82) is 0 Å². The molecule has 2 fully saturated rings. The molecule has 0 aromatic heterocycles. The fourth-order valence-corrected chi connectivity index (χ4v) is 2.47. The number of hydrogen-bond donors (Lipinski definition) is 0. The quantitative estimate of drug-likeness (QED) is 0.699. The number of hydrogen-bond acceptors (Lipinski definition) is 2. The van der Waals surface area contributed by atoms with E-state index in [1.54, 1.807) is 18.2 Å². The summed E-state index contributed by atoms with van der Waals surface area (Å²) >= 11 is 6.03. The van der Waals surface area contributed by atoms with Crippen molar-refractivity contribution >= 4 is 29.0 Å². The molecule has 2 aliphatic rings. The molecule has 0 N–H and O–H groups in total. The van der Waals surface area contributed by atoms with Crippen LogP contribution >= 0.6 is 11.6 Å². The van der Waals surface area contributed by atoms with E-state index in [9.17, 15) is 9.59 Å². The lowest BCUT2D eigenvalue weighted by molar-refractivity contribution is -0.128. The third-order valence-corrected chi connectivity index (χ3v) is 3.70. The molecule has 1 amide bonds. The van der Waals surface area contributed by atoms with E-state index in [1.807, 2.05) is 6.07 Å². The van der Waals surface area contributed by atoms with Crippen LogP contribution < -0.4 is 4.90 Å². The van der Waals surface area contributed by atoms with Crippen molar-refractivity contribution in [3.8, 4) is 0 Å². The molecule has 0 atom stereocenters. The fraction of sp³-hybridized carbons (Fsp3) is 0.333. The third-order valence-electron chi connectivity index (χ3n) is 3.38. The number of amides is 1. The van der Waals surface area contributed by atoms with Gasteiger partial charge in [0.05, 0.1) is 17.3 Å². The number of nitrogens with zero attached hydrogens (tertiary/aromatic N) is 1. The van der Waals surface area contributed by atoms with E-state index in [-0.39, 0.29) is 18.2 Å². The van der Waals surface area contributed by atoms with Gasteiger partial charge in [-0.05, 0) is 25.0 Å². The highest BCUT2D eigenvalue weighted by molar-refractivity contribution is 6.35. The summed E-state index contributed by atoms with van der Waals surface area (Å²) in [6.45, 7) is 0.169. The van der Waals surface area contributed by atoms with Gasteiger partial charge in [0, 0.05) is 0 Å². The molecule has 3 rings (SSSR count). The van der Waals surface area contributed by atoms with Crippen LogP contribution in [0.4, 0.5) is 5.69 Å². The van der Waals surface area contributed by atoms with E-state index >= 15 is 0 Å². The van der Waals surface area contributed by atoms with Crippen LogP contribution in [0, 0.1) is 5.41 Å². The van der Waals surface area contributed by atoms with E-state index in [0.29, 0.717) is 23.6 Å². The minimum absolute atomic E-state index is 0.0393. The molecule has 1 aliphatic heterocycles. The summed E-state index contributed by atoms with van der Waals surface area (Å²) in [4.78, 5) is 25.4. The summed E-state index contributed by atoms with van der Waals surface area (Å²) in [6, 6.07) is 7.12. The highest BCUT2D eigenvalue weighted by Gasteiger charge is 2.62. The molecule has 0 unspecified atom stereocenters. The van der Waals surface area contributed by atoms with Gasteiger partial charge in [-0.25, -0.2) is 0 Å². The Morgan fingerprint density at radius 3 is 2.44 bits per heavy atom. The first-order chi connectivity index (χ1) is 7.65. The zero-order valence-electron chi connectivity index (χ0n) is 8.57. The van der Waals surface area contributed by atoms with Crippen LogP contribution in [-0.2, 0) is 9.59 Å². The van der Waals surface area contributed by atoms with Crippen LogP contribution in [0.15, 0.2) is 24.3 Å². The number of Topliss-reactive ketones (excluding diaryl/α,β-unsaturated/α-hetero) is 1. The summed E-state index contributed by atoms with van der Waals surface area (Å²) in [6.07, 6.45) is 1.40. The highest BCUT2D eigenvalue weighted by atomic mass is 35.5. The molecule has 1 saturated heterocycles. The lowest BCUT2D eigenvalue weighted by atomic mass is 10.1. The molecule has 3 nitrogen and oxygen atoms in total. The largest absolute Gasteiger partial charge is 0.303 e. The summed E-state index contributed by atoms with van der Waals surface area (Å²) in [7, 11) is 0. The summed E-state index contributed by atoms with van der Waals surface area (Å²) in [5.74, 6) is -0.0389. The number of carbonyl (C=O) groups is 2. The molecular formula is C12H10ClNO2. The molecule has 1 aliphatic carbocycles. The van der Waals surface area contributed by atoms with Gasteiger partial charge in [0.2, 0.25) is 5.91 Å². The topological polar surface area (TPSA) is 37.4 Å². The maximum atomic E-state index is 12.1. The summed E-state index contributed by atoms with van der Waals surface area (Å²) in [5.41, 5.74) is -0.0367. The molecule has 16 heavy (non-hydrogen) atoms. The standard InChI is InChI=1S/C12H10ClNO2/c13-8-3-1-2-4-9(8)14-7-10(15)12(5-6-12)11(14)16/h1-4H,5-7H2. The molecule has 0 bridgehead atoms. The Labute approximate surface area is 98.0 Å². The van der Waals surface area contributed by atoms with Gasteiger partial charge in [-0.2, -0.15) is 0 Å². The van der Waals surface area contributed by atoms with Crippen molar-refractivity contribution in [2.75, 3.05) is 11.4 Å². The number of anilines is 1. The minimum atomic E-state index is -0.681. The van der Waals surface area contributed by atoms with Gasteiger partial charge in [-0.3, -0.25) is 9.59 Å². The molecule has 4 heteroatoms. The van der Waals surface area contributed by atoms with Crippen molar-refractivity contribution in [3.63, 3.8) is 0 Å². The molecule has 1 aromatic carbocycles. The Bertz CT molecular complexity index is 494. The molecule has 1 aromatic rings. The highest BCUT2D eigenvalue weighted by Crippen LogP contribution is 2.52. The molecule has 1 heterocycles. The van der Waals surface area contributed by atoms with Crippen molar-refractivity contribution in [2.24, 2.45) is 5.41 Å². The lowest BCUT2D eigenvalue weighted by Gasteiger charge is -2.16. The van der Waals surface area contributed by atoms with Gasteiger partial charge < -0.3 is 4.90 Å². The van der Waals surface area contributed by atoms with Crippen LogP contribution in [0.3, 0.4) is 0 Å². The average molecular weight is 236 g/mol. The molecule has 82 valence electrons. The number of rotatable bonds is 1. The van der Waals surface area contributed by atoms with Crippen LogP contribution in [0.5, 0.6) is 0 Å². The van der Waals surface area contributed by atoms with Gasteiger partial charge >= 0.3 is 0 Å². The second kappa shape index (κ2) is 3.08. The summed E-state index contributed by atoms with van der Waals surface area (Å²) < 4.78 is 0. The zero-order chi connectivity index (χ0) is 11.3. The van der Waals surface area contributed by atoms with Crippen molar-refractivity contribution in [3.05, 3.63) is 29.3 Å². The Kier molecular flexibility index (Phi) is 1.89. The molecule has 1 spiro atoms. The van der Waals surface area contributed by atoms with E-state index in [4.69, 9.17) is 11.6 Å². The van der Waals surface area contributed by atoms with Gasteiger partial charge in [-0.1, -0.05) is 23.7 Å². The maximum Gasteiger partial charge on any atom is 0.241 e. The van der Waals surface area contributed by atoms with E-state index < -0.39 is 5.41 Å². The molecular weight excluding hydrogens is 226 g/mol. The first kappa shape index (κ1) is 9.85. The monoisotopic (exact) mass is 235 g/mol. The number of halogens is 1. The van der Waals surface area contributed by atoms with Crippen molar-refractivity contribution in [2.45, 2.75) is 12.8 Å². The zero-order valence-corrected chi connectivity index (χ0v) is 9.33. The SMILES string of the molecule is O=C1CN(c2ccccc2Cl)C(=O)C12CC2. The Morgan fingerprint density at radius 1 is 1.19 bits per heavy atom. The fourth-order valence-electron chi connectivity index (χ4n) is 2.23. The molecule has 0 radical (unpaired) electrons. The minimum Gasteiger partial charge on any atom is -0.303 e. The predicted octanol–water partition coefficient (Wildman–Crippen LogP) is 2.04. The van der Waals surface area contributed by atoms with Gasteiger partial charge in [0.15, 0.2) is 5.78 Å². The first-order valence-electron chi connectivity index (χ1n) is 5.25. The number of benzene rings is 1. The summed E-state index contributed by atoms with van der Waals surface area (Å²) in [5, 5.41) is 0.515. The van der Waals surface area contributed by atoms with Crippen LogP contribution in [-0.4, -0.2) is 18.2 Å². The van der Waals surface area contributed by atoms with Crippen LogP contribution in [0.25, 0.3) is 0 Å². The second-order valence-electron chi connectivity index (χ2n) is 4.35. The maximum absolute atomic E-state index is 12.1. The second-order valence-corrected chi connectivity index (χ2v) is 4.76. The Morgan fingerprint density at radius 2 is 1.88 bits per heavy atom. The number of ketones is 1. The third kappa shape index (κ3) is 1.15. The smallest absolute Gasteiger partial charge is 0.241 e. The number of carbonyl (C=O) groups excluding carboxylic acids is 2.